The Morgan fingerprint density at radius 2 is 0.877 bits per heavy atom. The second-order valence-corrected chi connectivity index (χ2v) is 13.9. The summed E-state index contributed by atoms with van der Waals surface area (Å²) < 4.78 is 50.8. The van der Waals surface area contributed by atoms with E-state index in [2.05, 4.69) is 0 Å². The number of carbonyl (C=O) groups excluding carboxylic acids is 2. The Bertz CT molecular complexity index is 1370. The summed E-state index contributed by atoms with van der Waals surface area (Å²) in [4.78, 5) is 25.2. The third-order valence-corrected chi connectivity index (χ3v) is 10.1. The summed E-state index contributed by atoms with van der Waals surface area (Å²) in [5.41, 5.74) is 0.251. The lowest BCUT2D eigenvalue weighted by Crippen LogP contribution is -2.68. The minimum Gasteiger partial charge on any atom is -0.459 e. The van der Waals surface area contributed by atoms with E-state index in [1.54, 1.807) is 6.92 Å². The van der Waals surface area contributed by atoms with Crippen LogP contribution < -0.4 is 0 Å². The number of rotatable bonds is 14. The Kier molecular flexibility index (Phi) is 17.2. The molecule has 57 heavy (non-hydrogen) atoms. The summed E-state index contributed by atoms with van der Waals surface area (Å²) in [7, 11) is 0. The summed E-state index contributed by atoms with van der Waals surface area (Å²) in [6.45, 7) is 2.51. The molecule has 12 N–H and O–H groups in total. The summed E-state index contributed by atoms with van der Waals surface area (Å²) in [5.74, 6) is -1.79. The van der Waals surface area contributed by atoms with Crippen molar-refractivity contribution in [3.8, 4) is 0 Å². The van der Waals surface area contributed by atoms with Gasteiger partial charge in [0.15, 0.2) is 31.3 Å². The van der Waals surface area contributed by atoms with Crippen LogP contribution in [0.15, 0.2) is 23.3 Å². The lowest BCUT2D eigenvalue weighted by atomic mass is 9.96. The highest BCUT2D eigenvalue weighted by molar-refractivity contribution is 5.88. The molecule has 4 rings (SSSR count). The standard InChI is InChI=1S/C34H54O23/c1-5-11(3)29(47)49-10-16-19(40)22(43)27(55-31-23(44)20(41)17(38)13(7-35)50-31)33(53-16)57-34-28(56-32-24(45)21(42)18(39)14(8-36)51-32)25(46)26(15(9-37)52-34)54-30(48)12(4)6-2/h5-6,13-28,31-46H,7-10H2,1-4H3/b11-5+,12-6+/t13-,14-,15-,16-,17-,18-,19-,20+,21+,22+,23-,24-,25+,26-,27-,28-,31+,32+,33-,34-/m1/s1. The van der Waals surface area contributed by atoms with E-state index < -0.39 is 161 Å². The molecular formula is C34H54O23. The average molecular weight is 831 g/mol. The summed E-state index contributed by atoms with van der Waals surface area (Å²) in [5, 5.41) is 127. The van der Waals surface area contributed by atoms with Gasteiger partial charge in [0, 0.05) is 11.1 Å². The smallest absolute Gasteiger partial charge is 0.333 e. The molecule has 0 saturated carbocycles. The van der Waals surface area contributed by atoms with Gasteiger partial charge in [-0.3, -0.25) is 0 Å². The van der Waals surface area contributed by atoms with Gasteiger partial charge in [-0.25, -0.2) is 9.59 Å². The van der Waals surface area contributed by atoms with E-state index >= 15 is 0 Å². The first-order chi connectivity index (χ1) is 26.9. The zero-order valence-corrected chi connectivity index (χ0v) is 31.4. The van der Waals surface area contributed by atoms with Gasteiger partial charge >= 0.3 is 11.9 Å². The highest BCUT2D eigenvalue weighted by Crippen LogP contribution is 2.36. The largest absolute Gasteiger partial charge is 0.459 e. The Morgan fingerprint density at radius 3 is 1.33 bits per heavy atom. The van der Waals surface area contributed by atoms with Gasteiger partial charge in [0.05, 0.1) is 19.8 Å². The molecule has 328 valence electrons. The van der Waals surface area contributed by atoms with Crippen molar-refractivity contribution in [3.05, 3.63) is 23.3 Å². The molecule has 0 amide bonds. The second kappa shape index (κ2) is 20.8. The first-order valence-corrected chi connectivity index (χ1v) is 18.1. The van der Waals surface area contributed by atoms with Crippen molar-refractivity contribution < 1.29 is 113 Å². The fourth-order valence-electron chi connectivity index (χ4n) is 6.26. The van der Waals surface area contributed by atoms with Crippen LogP contribution in [-0.4, -0.2) is 222 Å². The number of ether oxygens (including phenoxy) is 9. The summed E-state index contributed by atoms with van der Waals surface area (Å²) in [6.07, 6.45) is -34.9. The van der Waals surface area contributed by atoms with Crippen LogP contribution in [-0.2, 0) is 52.2 Å². The molecule has 0 aromatic carbocycles. The first kappa shape index (κ1) is 47.3. The Balaban J connectivity index is 1.73. The third-order valence-electron chi connectivity index (χ3n) is 10.1. The topological polar surface area (TPSA) is 360 Å². The highest BCUT2D eigenvalue weighted by atomic mass is 16.8. The van der Waals surface area contributed by atoms with Crippen molar-refractivity contribution in [1.29, 1.82) is 0 Å². The molecule has 0 aromatic heterocycles. The van der Waals surface area contributed by atoms with Crippen molar-refractivity contribution in [2.24, 2.45) is 0 Å². The Morgan fingerprint density at radius 1 is 0.474 bits per heavy atom. The van der Waals surface area contributed by atoms with Crippen molar-refractivity contribution in [3.63, 3.8) is 0 Å². The molecule has 4 aliphatic heterocycles. The van der Waals surface area contributed by atoms with Crippen LogP contribution in [0.5, 0.6) is 0 Å². The predicted octanol–water partition coefficient (Wildman–Crippen LogP) is -6.71. The van der Waals surface area contributed by atoms with Crippen LogP contribution in [0.1, 0.15) is 27.7 Å². The molecule has 23 nitrogen and oxygen atoms in total. The van der Waals surface area contributed by atoms with E-state index in [0.717, 1.165) is 0 Å². The zero-order valence-electron chi connectivity index (χ0n) is 31.4. The maximum absolute atomic E-state index is 12.8. The predicted molar refractivity (Wildman–Crippen MR) is 180 cm³/mol. The number of esters is 2. The van der Waals surface area contributed by atoms with E-state index in [0.29, 0.717) is 0 Å². The van der Waals surface area contributed by atoms with Gasteiger partial charge < -0.3 is 104 Å². The normalized spacial score (nSPS) is 44.7. The van der Waals surface area contributed by atoms with E-state index in [1.165, 1.54) is 32.9 Å². The fourth-order valence-corrected chi connectivity index (χ4v) is 6.26. The van der Waals surface area contributed by atoms with Crippen molar-refractivity contribution >= 4 is 11.9 Å². The molecule has 0 aromatic rings. The van der Waals surface area contributed by atoms with Crippen LogP contribution in [0, 0.1) is 0 Å². The van der Waals surface area contributed by atoms with Crippen LogP contribution in [0.2, 0.25) is 0 Å². The number of hydrogen-bond acceptors (Lipinski definition) is 23. The maximum atomic E-state index is 12.8. The van der Waals surface area contributed by atoms with E-state index in [4.69, 9.17) is 42.6 Å². The molecule has 4 aliphatic rings. The first-order valence-electron chi connectivity index (χ1n) is 18.1. The van der Waals surface area contributed by atoms with Crippen molar-refractivity contribution in [2.75, 3.05) is 26.4 Å². The van der Waals surface area contributed by atoms with Gasteiger partial charge in [-0.05, 0) is 27.7 Å². The van der Waals surface area contributed by atoms with Gasteiger partial charge in [-0.2, -0.15) is 0 Å². The van der Waals surface area contributed by atoms with Crippen molar-refractivity contribution in [2.45, 2.75) is 151 Å². The molecule has 4 heterocycles. The van der Waals surface area contributed by atoms with Crippen molar-refractivity contribution in [1.82, 2.24) is 0 Å². The second-order valence-electron chi connectivity index (χ2n) is 13.9. The lowest BCUT2D eigenvalue weighted by Gasteiger charge is -2.49. The van der Waals surface area contributed by atoms with Crippen LogP contribution in [0.25, 0.3) is 0 Å². The Labute approximate surface area is 325 Å². The number of aliphatic hydroxyl groups excluding tert-OH is 12. The highest BCUT2D eigenvalue weighted by Gasteiger charge is 2.56. The molecule has 0 unspecified atom stereocenters. The maximum Gasteiger partial charge on any atom is 0.333 e. The van der Waals surface area contributed by atoms with Crippen LogP contribution in [0.3, 0.4) is 0 Å². The summed E-state index contributed by atoms with van der Waals surface area (Å²) in [6, 6.07) is 0. The van der Waals surface area contributed by atoms with Gasteiger partial charge in [0.25, 0.3) is 0 Å². The van der Waals surface area contributed by atoms with E-state index in [9.17, 15) is 70.9 Å². The SMILES string of the molecule is C/C=C(\C)C(=O)OC[C@H]1O[C@H](O[C@H]2O[C@H](CO)[C@@H](OC(=O)/C(C)=C/C)[C@H](O)[C@H]2O[C@@H]2O[C@H](CO)[C@@H](O)[C@H](O)[C@H]2O)[C@H](O[C@@H]2O[C@H](CO)[C@@H](O)[C@H](O)[C@H]2O)[C@@H](O)[C@@H]1O. The monoisotopic (exact) mass is 830 g/mol. The zero-order chi connectivity index (χ0) is 42.5. The molecule has 0 aliphatic carbocycles. The summed E-state index contributed by atoms with van der Waals surface area (Å²) >= 11 is 0. The number of aliphatic hydroxyl groups is 12. The lowest BCUT2D eigenvalue weighted by molar-refractivity contribution is -0.414. The number of allylic oxidation sites excluding steroid dienone is 2. The van der Waals surface area contributed by atoms with Gasteiger partial charge in [-0.15, -0.1) is 0 Å². The van der Waals surface area contributed by atoms with Crippen LogP contribution in [0.4, 0.5) is 0 Å². The fraction of sp³-hybridized carbons (Fsp3) is 0.824. The van der Waals surface area contributed by atoms with E-state index in [1.807, 2.05) is 0 Å². The quantitative estimate of drug-likeness (QED) is 0.0572. The molecule has 23 heteroatoms. The van der Waals surface area contributed by atoms with Gasteiger partial charge in [-0.1, -0.05) is 12.2 Å². The molecule has 4 fully saturated rings. The van der Waals surface area contributed by atoms with Crippen LogP contribution >= 0.6 is 0 Å². The molecular weight excluding hydrogens is 776 g/mol. The van der Waals surface area contributed by atoms with E-state index in [-0.39, 0.29) is 11.1 Å². The number of hydrogen-bond donors (Lipinski definition) is 12. The average Bonchev–Trinajstić information content (AvgIpc) is 3.20. The minimum absolute atomic E-state index is 0.0800. The van der Waals surface area contributed by atoms with Gasteiger partial charge in [0.1, 0.15) is 98.2 Å². The minimum atomic E-state index is -2.09. The molecule has 20 atom stereocenters. The van der Waals surface area contributed by atoms with Gasteiger partial charge in [0.2, 0.25) is 0 Å². The third kappa shape index (κ3) is 10.5. The molecule has 0 bridgehead atoms. The molecule has 0 spiro atoms. The Hall–Kier alpha value is -2.34. The molecule has 0 radical (unpaired) electrons. The number of carbonyl (C=O) groups is 2. The molecule has 4 saturated heterocycles.